The molecular formula is C18H27N3. The van der Waals surface area contributed by atoms with E-state index in [0.29, 0.717) is 6.04 Å². The largest absolute Gasteiger partial charge is 0.354 e. The molecule has 2 rings (SSSR count). The van der Waals surface area contributed by atoms with Crippen LogP contribution in [0.2, 0.25) is 0 Å². The topological polar surface area (TPSA) is 42.2 Å². The van der Waals surface area contributed by atoms with Gasteiger partial charge in [-0.25, -0.2) is 4.98 Å². The summed E-state index contributed by atoms with van der Waals surface area (Å²) in [6, 6.07) is 11.2. The van der Waals surface area contributed by atoms with Gasteiger partial charge >= 0.3 is 0 Å². The van der Waals surface area contributed by atoms with Gasteiger partial charge in [-0.05, 0) is 51.3 Å². The average Bonchev–Trinajstić information content (AvgIpc) is 2.47. The summed E-state index contributed by atoms with van der Waals surface area (Å²) >= 11 is 0. The Morgan fingerprint density at radius 2 is 1.90 bits per heavy atom. The molecular weight excluding hydrogens is 258 g/mol. The standard InChI is InChI=1S/C18H27N3/c1-5-14(4)21(6-2)18-16(11-13(3)19)12-15-9-7-8-10-17(15)20-18/h7-10,12-14H,5-6,11,19H2,1-4H3. The second kappa shape index (κ2) is 6.90. The Morgan fingerprint density at radius 1 is 1.19 bits per heavy atom. The maximum absolute atomic E-state index is 6.04. The Morgan fingerprint density at radius 3 is 2.52 bits per heavy atom. The van der Waals surface area contributed by atoms with Crippen molar-refractivity contribution in [3.8, 4) is 0 Å². The van der Waals surface area contributed by atoms with Crippen LogP contribution in [0.15, 0.2) is 30.3 Å². The minimum absolute atomic E-state index is 0.141. The van der Waals surface area contributed by atoms with Gasteiger partial charge < -0.3 is 10.6 Å². The molecule has 0 fully saturated rings. The highest BCUT2D eigenvalue weighted by Gasteiger charge is 2.18. The monoisotopic (exact) mass is 285 g/mol. The van der Waals surface area contributed by atoms with E-state index in [-0.39, 0.29) is 6.04 Å². The van der Waals surface area contributed by atoms with E-state index in [9.17, 15) is 0 Å². The fraction of sp³-hybridized carbons (Fsp3) is 0.500. The maximum atomic E-state index is 6.04. The highest BCUT2D eigenvalue weighted by Crippen LogP contribution is 2.26. The number of pyridine rings is 1. The van der Waals surface area contributed by atoms with E-state index in [1.54, 1.807) is 0 Å². The number of nitrogens with two attached hydrogens (primary N) is 1. The third-order valence-electron chi connectivity index (χ3n) is 4.06. The third kappa shape index (κ3) is 3.53. The quantitative estimate of drug-likeness (QED) is 0.879. The van der Waals surface area contributed by atoms with Gasteiger partial charge in [0.05, 0.1) is 5.52 Å². The Labute approximate surface area is 128 Å². The van der Waals surface area contributed by atoms with Gasteiger partial charge in [-0.1, -0.05) is 25.1 Å². The lowest BCUT2D eigenvalue weighted by Crippen LogP contribution is -2.34. The third-order valence-corrected chi connectivity index (χ3v) is 4.06. The van der Waals surface area contributed by atoms with Crippen molar-refractivity contribution in [2.75, 3.05) is 11.4 Å². The molecule has 1 heterocycles. The molecule has 0 amide bonds. The average molecular weight is 285 g/mol. The Kier molecular flexibility index (Phi) is 5.18. The Bertz CT molecular complexity index is 592. The molecule has 3 nitrogen and oxygen atoms in total. The number of benzene rings is 1. The van der Waals surface area contributed by atoms with Crippen molar-refractivity contribution in [3.05, 3.63) is 35.9 Å². The van der Waals surface area contributed by atoms with E-state index in [1.807, 2.05) is 6.07 Å². The number of fused-ring (bicyclic) bond motifs is 1. The summed E-state index contributed by atoms with van der Waals surface area (Å²) in [7, 11) is 0. The molecule has 1 aromatic carbocycles. The highest BCUT2D eigenvalue weighted by atomic mass is 15.2. The Hall–Kier alpha value is -1.61. The van der Waals surface area contributed by atoms with E-state index in [0.717, 1.165) is 30.7 Å². The van der Waals surface area contributed by atoms with Crippen molar-refractivity contribution in [1.29, 1.82) is 0 Å². The number of rotatable bonds is 6. The second-order valence-electron chi connectivity index (χ2n) is 5.89. The molecule has 3 heteroatoms. The molecule has 0 saturated heterocycles. The number of hydrogen-bond acceptors (Lipinski definition) is 3. The first kappa shape index (κ1) is 15.8. The van der Waals surface area contributed by atoms with E-state index in [4.69, 9.17) is 10.7 Å². The van der Waals surface area contributed by atoms with Crippen molar-refractivity contribution in [3.63, 3.8) is 0 Å². The minimum Gasteiger partial charge on any atom is -0.354 e. The number of anilines is 1. The molecule has 0 saturated carbocycles. The molecule has 0 spiro atoms. The molecule has 0 aliphatic heterocycles. The SMILES string of the molecule is CCC(C)N(CC)c1nc2ccccc2cc1CC(C)N. The molecule has 2 atom stereocenters. The fourth-order valence-electron chi connectivity index (χ4n) is 2.79. The number of hydrogen-bond donors (Lipinski definition) is 1. The first-order valence-corrected chi connectivity index (χ1v) is 7.97. The van der Waals surface area contributed by atoms with Crippen molar-refractivity contribution in [1.82, 2.24) is 4.98 Å². The van der Waals surface area contributed by atoms with Gasteiger partial charge in [0.1, 0.15) is 5.82 Å². The summed E-state index contributed by atoms with van der Waals surface area (Å²) in [5.74, 6) is 1.10. The molecule has 0 bridgehead atoms. The normalized spacial score (nSPS) is 14.1. The smallest absolute Gasteiger partial charge is 0.132 e. The summed E-state index contributed by atoms with van der Waals surface area (Å²) < 4.78 is 0. The van der Waals surface area contributed by atoms with Crippen LogP contribution in [-0.4, -0.2) is 23.6 Å². The second-order valence-corrected chi connectivity index (χ2v) is 5.89. The molecule has 0 aliphatic carbocycles. The van der Waals surface area contributed by atoms with Gasteiger partial charge in [-0.3, -0.25) is 0 Å². The van der Waals surface area contributed by atoms with E-state index >= 15 is 0 Å². The lowest BCUT2D eigenvalue weighted by atomic mass is 10.0. The minimum atomic E-state index is 0.141. The van der Waals surface area contributed by atoms with Gasteiger partial charge in [0.2, 0.25) is 0 Å². The van der Waals surface area contributed by atoms with Crippen molar-refractivity contribution in [2.24, 2.45) is 5.73 Å². The summed E-state index contributed by atoms with van der Waals surface area (Å²) in [5, 5.41) is 1.19. The van der Waals surface area contributed by atoms with Gasteiger partial charge in [0.15, 0.2) is 0 Å². The molecule has 21 heavy (non-hydrogen) atoms. The molecule has 1 aromatic heterocycles. The van der Waals surface area contributed by atoms with E-state index in [2.05, 4.69) is 56.9 Å². The zero-order valence-corrected chi connectivity index (χ0v) is 13.6. The van der Waals surface area contributed by atoms with Crippen LogP contribution in [0.3, 0.4) is 0 Å². The van der Waals surface area contributed by atoms with Crippen LogP contribution in [0.4, 0.5) is 5.82 Å². The summed E-state index contributed by atoms with van der Waals surface area (Å²) in [4.78, 5) is 7.33. The Balaban J connectivity index is 2.56. The summed E-state index contributed by atoms with van der Waals surface area (Å²) in [6.07, 6.45) is 1.97. The van der Waals surface area contributed by atoms with Crippen LogP contribution >= 0.6 is 0 Å². The molecule has 0 aliphatic rings. The predicted molar refractivity (Wildman–Crippen MR) is 91.9 cm³/mol. The highest BCUT2D eigenvalue weighted by molar-refractivity contribution is 5.82. The van der Waals surface area contributed by atoms with Crippen LogP contribution in [0.1, 0.15) is 39.7 Å². The molecule has 0 radical (unpaired) electrons. The summed E-state index contributed by atoms with van der Waals surface area (Å²) in [6.45, 7) is 9.69. The van der Waals surface area contributed by atoms with Crippen molar-refractivity contribution in [2.45, 2.75) is 52.6 Å². The van der Waals surface area contributed by atoms with E-state index in [1.165, 1.54) is 10.9 Å². The molecule has 2 unspecified atom stereocenters. The van der Waals surface area contributed by atoms with Gasteiger partial charge in [0, 0.05) is 24.0 Å². The fourth-order valence-corrected chi connectivity index (χ4v) is 2.79. The summed E-state index contributed by atoms with van der Waals surface area (Å²) in [5.41, 5.74) is 8.35. The number of para-hydroxylation sites is 1. The number of nitrogens with zero attached hydrogens (tertiary/aromatic N) is 2. The van der Waals surface area contributed by atoms with Crippen LogP contribution in [0.25, 0.3) is 10.9 Å². The first-order valence-electron chi connectivity index (χ1n) is 7.97. The molecule has 2 N–H and O–H groups in total. The van der Waals surface area contributed by atoms with Crippen LogP contribution in [-0.2, 0) is 6.42 Å². The van der Waals surface area contributed by atoms with E-state index < -0.39 is 0 Å². The zero-order valence-electron chi connectivity index (χ0n) is 13.6. The van der Waals surface area contributed by atoms with Crippen LogP contribution in [0.5, 0.6) is 0 Å². The van der Waals surface area contributed by atoms with Gasteiger partial charge in [0.25, 0.3) is 0 Å². The lowest BCUT2D eigenvalue weighted by molar-refractivity contribution is 0.617. The zero-order chi connectivity index (χ0) is 15.4. The predicted octanol–water partition coefficient (Wildman–Crippen LogP) is 3.75. The maximum Gasteiger partial charge on any atom is 0.132 e. The van der Waals surface area contributed by atoms with Crippen molar-refractivity contribution < 1.29 is 0 Å². The number of aromatic nitrogens is 1. The first-order chi connectivity index (χ1) is 10.1. The van der Waals surface area contributed by atoms with Gasteiger partial charge in [-0.15, -0.1) is 0 Å². The molecule has 114 valence electrons. The van der Waals surface area contributed by atoms with Crippen LogP contribution in [0, 0.1) is 0 Å². The lowest BCUT2D eigenvalue weighted by Gasteiger charge is -2.31. The van der Waals surface area contributed by atoms with Crippen LogP contribution < -0.4 is 10.6 Å². The molecule has 2 aromatic rings. The van der Waals surface area contributed by atoms with Gasteiger partial charge in [-0.2, -0.15) is 0 Å². The van der Waals surface area contributed by atoms with Crippen molar-refractivity contribution >= 4 is 16.7 Å².